The molecule has 4 N–H and O–H groups in total. The highest BCUT2D eigenvalue weighted by atomic mass is 32.2. The number of urea groups is 1. The highest BCUT2D eigenvalue weighted by Gasteiger charge is 2.27. The van der Waals surface area contributed by atoms with Gasteiger partial charge < -0.3 is 15.7 Å². The molecular formula is C11H19N3O6S. The van der Waals surface area contributed by atoms with E-state index in [4.69, 9.17) is 5.11 Å². The van der Waals surface area contributed by atoms with Gasteiger partial charge in [0.05, 0.1) is 5.75 Å². The van der Waals surface area contributed by atoms with Crippen LogP contribution in [0.2, 0.25) is 0 Å². The van der Waals surface area contributed by atoms with E-state index in [1.165, 1.54) is 6.92 Å². The van der Waals surface area contributed by atoms with Crippen molar-refractivity contribution in [1.82, 2.24) is 16.0 Å². The summed E-state index contributed by atoms with van der Waals surface area (Å²) in [5.41, 5.74) is 0. The van der Waals surface area contributed by atoms with Crippen molar-refractivity contribution in [2.75, 3.05) is 12.3 Å². The molecular weight excluding hydrogens is 302 g/mol. The molecule has 3 atom stereocenters. The Morgan fingerprint density at radius 3 is 2.24 bits per heavy atom. The highest BCUT2D eigenvalue weighted by Crippen LogP contribution is 2.00. The van der Waals surface area contributed by atoms with Crippen LogP contribution in [-0.2, 0) is 25.2 Å². The maximum Gasteiger partial charge on any atom is 0.327 e. The third-order valence-corrected chi connectivity index (χ3v) is 4.01. The second kappa shape index (κ2) is 9.06. The summed E-state index contributed by atoms with van der Waals surface area (Å²) in [7, 11) is -1.87. The van der Waals surface area contributed by atoms with Gasteiger partial charge in [0, 0.05) is 24.3 Å². The van der Waals surface area contributed by atoms with Crippen LogP contribution in [-0.4, -0.2) is 56.7 Å². The minimum atomic E-state index is -1.87. The summed E-state index contributed by atoms with van der Waals surface area (Å²) < 4.78 is 11.9. The van der Waals surface area contributed by atoms with Crippen LogP contribution in [0.15, 0.2) is 0 Å². The Morgan fingerprint density at radius 2 is 1.81 bits per heavy atom. The Bertz CT molecular complexity index is 453. The molecule has 0 aliphatic heterocycles. The van der Waals surface area contributed by atoms with Gasteiger partial charge in [-0.3, -0.25) is 19.1 Å². The fourth-order valence-electron chi connectivity index (χ4n) is 1.27. The largest absolute Gasteiger partial charge is 0.480 e. The first-order chi connectivity index (χ1) is 9.68. The van der Waals surface area contributed by atoms with Gasteiger partial charge in [0.15, 0.2) is 0 Å². The summed E-state index contributed by atoms with van der Waals surface area (Å²) in [6.45, 7) is 4.41. The van der Waals surface area contributed by atoms with Gasteiger partial charge in [0.2, 0.25) is 11.8 Å². The first kappa shape index (κ1) is 19.0. The zero-order valence-electron chi connectivity index (χ0n) is 12.0. The molecule has 0 rings (SSSR count). The zero-order chi connectivity index (χ0) is 16.6. The summed E-state index contributed by atoms with van der Waals surface area (Å²) in [6.07, 6.45) is 0. The van der Waals surface area contributed by atoms with E-state index in [0.717, 1.165) is 6.92 Å². The number of rotatable bonds is 7. The average Bonchev–Trinajstić information content (AvgIpc) is 2.36. The van der Waals surface area contributed by atoms with Crippen molar-refractivity contribution in [2.45, 2.75) is 32.1 Å². The molecule has 3 unspecified atom stereocenters. The fourth-order valence-corrected chi connectivity index (χ4v) is 2.41. The van der Waals surface area contributed by atoms with Gasteiger partial charge in [-0.15, -0.1) is 0 Å². The molecule has 0 heterocycles. The lowest BCUT2D eigenvalue weighted by atomic mass is 10.3. The van der Waals surface area contributed by atoms with E-state index in [2.05, 4.69) is 10.6 Å². The molecule has 10 heteroatoms. The molecule has 0 spiro atoms. The smallest absolute Gasteiger partial charge is 0.327 e. The lowest BCUT2D eigenvalue weighted by molar-refractivity contribution is -0.140. The molecule has 0 bridgehead atoms. The summed E-state index contributed by atoms with van der Waals surface area (Å²) >= 11 is 0. The first-order valence-electron chi connectivity index (χ1n) is 6.14. The number of nitrogens with one attached hydrogen (secondary N) is 3. The SMILES string of the molecule is CCNC(=O)NC(=O)C(C)S(=O)CC(NC(C)=O)C(=O)O. The fraction of sp³-hybridized carbons (Fsp3) is 0.636. The predicted octanol–water partition coefficient (Wildman–Crippen LogP) is -1.44. The van der Waals surface area contributed by atoms with Crippen LogP contribution in [0.5, 0.6) is 0 Å². The van der Waals surface area contributed by atoms with E-state index in [1.54, 1.807) is 6.92 Å². The van der Waals surface area contributed by atoms with Gasteiger partial charge in [-0.1, -0.05) is 0 Å². The molecule has 9 nitrogen and oxygen atoms in total. The van der Waals surface area contributed by atoms with Crippen molar-refractivity contribution in [2.24, 2.45) is 0 Å². The molecule has 0 fully saturated rings. The average molecular weight is 321 g/mol. The normalized spacial score (nSPS) is 14.4. The molecule has 0 aliphatic rings. The minimum absolute atomic E-state index is 0.320. The molecule has 120 valence electrons. The second-order valence-corrected chi connectivity index (χ2v) is 5.93. The van der Waals surface area contributed by atoms with Crippen LogP contribution < -0.4 is 16.0 Å². The van der Waals surface area contributed by atoms with Crippen LogP contribution in [0.25, 0.3) is 0 Å². The predicted molar refractivity (Wildman–Crippen MR) is 74.9 cm³/mol. The van der Waals surface area contributed by atoms with Gasteiger partial charge in [-0.25, -0.2) is 9.59 Å². The minimum Gasteiger partial charge on any atom is -0.480 e. The van der Waals surface area contributed by atoms with E-state index >= 15 is 0 Å². The van der Waals surface area contributed by atoms with E-state index in [9.17, 15) is 23.4 Å². The van der Waals surface area contributed by atoms with Crippen molar-refractivity contribution in [3.8, 4) is 0 Å². The summed E-state index contributed by atoms with van der Waals surface area (Å²) in [5.74, 6) is -3.15. The number of hydrogen-bond donors (Lipinski definition) is 4. The summed E-state index contributed by atoms with van der Waals surface area (Å²) in [5, 5.41) is 14.2. The Kier molecular flexibility index (Phi) is 8.21. The van der Waals surface area contributed by atoms with Crippen LogP contribution in [0, 0.1) is 0 Å². The lowest BCUT2D eigenvalue weighted by Gasteiger charge is -2.16. The van der Waals surface area contributed by atoms with E-state index in [-0.39, 0.29) is 0 Å². The van der Waals surface area contributed by atoms with Crippen LogP contribution in [0.1, 0.15) is 20.8 Å². The number of carboxylic acids is 1. The molecule has 0 aromatic rings. The van der Waals surface area contributed by atoms with Crippen molar-refractivity contribution in [1.29, 1.82) is 0 Å². The monoisotopic (exact) mass is 321 g/mol. The van der Waals surface area contributed by atoms with E-state index < -0.39 is 51.7 Å². The first-order valence-corrected chi connectivity index (χ1v) is 7.53. The van der Waals surface area contributed by atoms with Crippen LogP contribution in [0.4, 0.5) is 4.79 Å². The number of hydrogen-bond acceptors (Lipinski definition) is 5. The lowest BCUT2D eigenvalue weighted by Crippen LogP contribution is -2.48. The molecule has 0 saturated carbocycles. The molecule has 0 saturated heterocycles. The zero-order valence-corrected chi connectivity index (χ0v) is 12.8. The van der Waals surface area contributed by atoms with Gasteiger partial charge in [0.25, 0.3) is 0 Å². The Balaban J connectivity index is 4.61. The van der Waals surface area contributed by atoms with Crippen molar-refractivity contribution in [3.63, 3.8) is 0 Å². The van der Waals surface area contributed by atoms with Crippen LogP contribution >= 0.6 is 0 Å². The van der Waals surface area contributed by atoms with Crippen molar-refractivity contribution < 1.29 is 28.5 Å². The third kappa shape index (κ3) is 7.40. The number of carbonyl (C=O) groups excluding carboxylic acids is 3. The number of carboxylic acid groups (broad SMARTS) is 1. The van der Waals surface area contributed by atoms with Crippen LogP contribution in [0.3, 0.4) is 0 Å². The van der Waals surface area contributed by atoms with Crippen molar-refractivity contribution >= 4 is 34.6 Å². The van der Waals surface area contributed by atoms with Gasteiger partial charge in [-0.2, -0.15) is 0 Å². The van der Waals surface area contributed by atoms with Gasteiger partial charge >= 0.3 is 12.0 Å². The molecule has 0 aromatic carbocycles. The topological polar surface area (TPSA) is 142 Å². The molecule has 21 heavy (non-hydrogen) atoms. The molecule has 0 radical (unpaired) electrons. The summed E-state index contributed by atoms with van der Waals surface area (Å²) in [4.78, 5) is 44.6. The second-order valence-electron chi connectivity index (χ2n) is 4.13. The molecule has 4 amide bonds. The van der Waals surface area contributed by atoms with Gasteiger partial charge in [-0.05, 0) is 13.8 Å². The molecule has 0 aliphatic carbocycles. The maximum atomic E-state index is 11.9. The van der Waals surface area contributed by atoms with Gasteiger partial charge in [0.1, 0.15) is 11.3 Å². The number of aliphatic carboxylic acids is 1. The Labute approximate surface area is 124 Å². The van der Waals surface area contributed by atoms with E-state index in [1.807, 2.05) is 5.32 Å². The number of carbonyl (C=O) groups is 4. The number of imide groups is 1. The molecule has 0 aromatic heterocycles. The Hall–Kier alpha value is -1.97. The Morgan fingerprint density at radius 1 is 1.24 bits per heavy atom. The van der Waals surface area contributed by atoms with Crippen molar-refractivity contribution in [3.05, 3.63) is 0 Å². The standard InChI is InChI=1S/C11H19N3O6S/c1-4-12-11(19)14-9(16)6(2)21(20)5-8(10(17)18)13-7(3)15/h6,8H,4-5H2,1-3H3,(H,13,15)(H,17,18)(H2,12,14,16,19). The number of amides is 4. The maximum absolute atomic E-state index is 11.9. The quantitative estimate of drug-likeness (QED) is 0.452. The highest BCUT2D eigenvalue weighted by molar-refractivity contribution is 7.86. The third-order valence-electron chi connectivity index (χ3n) is 2.34. The summed E-state index contributed by atoms with van der Waals surface area (Å²) in [6, 6.07) is -2.08. The van der Waals surface area contributed by atoms with E-state index in [0.29, 0.717) is 6.54 Å².